The molecule has 0 radical (unpaired) electrons. The van der Waals surface area contributed by atoms with Crippen LogP contribution in [0.1, 0.15) is 37.5 Å². The van der Waals surface area contributed by atoms with E-state index in [1.165, 1.54) is 22.3 Å². The molecule has 1 rings (SSSR count). The third-order valence-corrected chi connectivity index (χ3v) is 2.68. The lowest BCUT2D eigenvalue weighted by molar-refractivity contribution is 1.39. The van der Waals surface area contributed by atoms with Crippen molar-refractivity contribution >= 4 is 11.1 Å². The third kappa shape index (κ3) is 2.52. The Morgan fingerprint density at radius 1 is 1.25 bits per heavy atom. The van der Waals surface area contributed by atoms with Crippen molar-refractivity contribution in [3.8, 4) is 0 Å². The Labute approximate surface area is 99.0 Å². The molecular formula is C16H20. The van der Waals surface area contributed by atoms with Crippen LogP contribution < -0.4 is 0 Å². The molecule has 84 valence electrons. The number of hydrogen-bond donors (Lipinski definition) is 0. The monoisotopic (exact) mass is 212 g/mol. The van der Waals surface area contributed by atoms with Crippen LogP contribution in [0.4, 0.5) is 0 Å². The second kappa shape index (κ2) is 5.50. The Balaban J connectivity index is 3.46. The maximum absolute atomic E-state index is 4.05. The summed E-state index contributed by atoms with van der Waals surface area (Å²) in [5.41, 5.74) is 6.22. The molecule has 0 heteroatoms. The van der Waals surface area contributed by atoms with Crippen LogP contribution in [0.2, 0.25) is 0 Å². The first-order chi connectivity index (χ1) is 7.61. The van der Waals surface area contributed by atoms with Crippen molar-refractivity contribution in [2.45, 2.75) is 27.7 Å². The van der Waals surface area contributed by atoms with Crippen LogP contribution in [-0.2, 0) is 0 Å². The normalized spacial score (nSPS) is 12.1. The molecule has 0 aliphatic rings. The standard InChI is InChI=1S/C16H20/c1-6-9-14(7-2)16-13(5)10-8-11-15(16)12(3)4/h6-11H,3H2,1-2,4-5H3/b9-6-,14-7+. The molecule has 0 aliphatic carbocycles. The lowest BCUT2D eigenvalue weighted by Crippen LogP contribution is -1.93. The Kier molecular flexibility index (Phi) is 4.30. The minimum Gasteiger partial charge on any atom is -0.0955 e. The number of allylic oxidation sites excluding steroid dienone is 5. The summed E-state index contributed by atoms with van der Waals surface area (Å²) in [7, 11) is 0. The van der Waals surface area contributed by atoms with Crippen LogP contribution in [0.3, 0.4) is 0 Å². The average Bonchev–Trinajstić information content (AvgIpc) is 2.26. The summed E-state index contributed by atoms with van der Waals surface area (Å²) in [4.78, 5) is 0. The molecule has 0 heterocycles. The summed E-state index contributed by atoms with van der Waals surface area (Å²) in [6.07, 6.45) is 6.37. The molecule has 0 fully saturated rings. The molecule has 0 unspecified atom stereocenters. The maximum Gasteiger partial charge on any atom is -0.00831 e. The van der Waals surface area contributed by atoms with Gasteiger partial charge in [-0.3, -0.25) is 0 Å². The minimum atomic E-state index is 1.11. The van der Waals surface area contributed by atoms with Crippen molar-refractivity contribution < 1.29 is 0 Å². The van der Waals surface area contributed by atoms with Gasteiger partial charge >= 0.3 is 0 Å². The van der Waals surface area contributed by atoms with Crippen LogP contribution in [0, 0.1) is 6.92 Å². The van der Waals surface area contributed by atoms with Gasteiger partial charge in [0.15, 0.2) is 0 Å². The Bertz CT molecular complexity index is 445. The molecule has 0 saturated carbocycles. The van der Waals surface area contributed by atoms with Crippen molar-refractivity contribution in [3.63, 3.8) is 0 Å². The molecule has 0 spiro atoms. The van der Waals surface area contributed by atoms with Gasteiger partial charge in [0.2, 0.25) is 0 Å². The molecule has 0 aromatic heterocycles. The molecule has 0 aliphatic heterocycles. The lowest BCUT2D eigenvalue weighted by Gasteiger charge is -2.13. The second-order valence-electron chi connectivity index (χ2n) is 4.02. The largest absolute Gasteiger partial charge is 0.0955 e. The average molecular weight is 212 g/mol. The van der Waals surface area contributed by atoms with E-state index in [2.05, 4.69) is 63.8 Å². The highest BCUT2D eigenvalue weighted by atomic mass is 14.1. The van der Waals surface area contributed by atoms with E-state index in [4.69, 9.17) is 0 Å². The first-order valence-electron chi connectivity index (χ1n) is 5.66. The molecule has 16 heavy (non-hydrogen) atoms. The number of benzene rings is 1. The Morgan fingerprint density at radius 2 is 1.94 bits per heavy atom. The smallest absolute Gasteiger partial charge is 0.00831 e. The Morgan fingerprint density at radius 3 is 2.44 bits per heavy atom. The number of rotatable bonds is 3. The fourth-order valence-electron chi connectivity index (χ4n) is 1.91. The zero-order valence-corrected chi connectivity index (χ0v) is 10.7. The highest BCUT2D eigenvalue weighted by Gasteiger charge is 2.08. The first kappa shape index (κ1) is 12.5. The van der Waals surface area contributed by atoms with Crippen molar-refractivity contribution in [1.82, 2.24) is 0 Å². The SMILES string of the molecule is C=C(C)c1cccc(C)c1C(/C=C\C)=C/C. The zero-order valence-electron chi connectivity index (χ0n) is 10.7. The van der Waals surface area contributed by atoms with Gasteiger partial charge in [-0.2, -0.15) is 0 Å². The quantitative estimate of drug-likeness (QED) is 0.618. The van der Waals surface area contributed by atoms with E-state index in [0.717, 1.165) is 5.57 Å². The molecular weight excluding hydrogens is 192 g/mol. The molecule has 0 amide bonds. The van der Waals surface area contributed by atoms with Gasteiger partial charge in [-0.15, -0.1) is 0 Å². The number of aryl methyl sites for hydroxylation is 1. The summed E-state index contributed by atoms with van der Waals surface area (Å²) in [6, 6.07) is 6.37. The molecule has 0 bridgehead atoms. The predicted octanol–water partition coefficient (Wildman–Crippen LogP) is 5.01. The van der Waals surface area contributed by atoms with Gasteiger partial charge in [-0.25, -0.2) is 0 Å². The first-order valence-corrected chi connectivity index (χ1v) is 5.66. The molecule has 1 aromatic carbocycles. The van der Waals surface area contributed by atoms with E-state index in [1.807, 2.05) is 6.92 Å². The molecule has 0 atom stereocenters. The van der Waals surface area contributed by atoms with Gasteiger partial charge in [0.1, 0.15) is 0 Å². The topological polar surface area (TPSA) is 0 Å². The minimum absolute atomic E-state index is 1.11. The Hall–Kier alpha value is -1.56. The van der Waals surface area contributed by atoms with Crippen molar-refractivity contribution in [2.75, 3.05) is 0 Å². The highest BCUT2D eigenvalue weighted by molar-refractivity contribution is 5.84. The van der Waals surface area contributed by atoms with E-state index in [-0.39, 0.29) is 0 Å². The van der Waals surface area contributed by atoms with E-state index in [0.29, 0.717) is 0 Å². The molecule has 1 aromatic rings. The highest BCUT2D eigenvalue weighted by Crippen LogP contribution is 2.28. The van der Waals surface area contributed by atoms with E-state index >= 15 is 0 Å². The fraction of sp³-hybridized carbons (Fsp3) is 0.250. The van der Waals surface area contributed by atoms with Crippen molar-refractivity contribution in [3.05, 3.63) is 59.7 Å². The van der Waals surface area contributed by atoms with Crippen LogP contribution in [0.15, 0.2) is 43.0 Å². The molecule has 0 saturated heterocycles. The van der Waals surface area contributed by atoms with Crippen LogP contribution in [0.5, 0.6) is 0 Å². The summed E-state index contributed by atoms with van der Waals surface area (Å²) < 4.78 is 0. The summed E-state index contributed by atoms with van der Waals surface area (Å²) in [5.74, 6) is 0. The molecule has 0 N–H and O–H groups in total. The summed E-state index contributed by atoms with van der Waals surface area (Å²) >= 11 is 0. The van der Waals surface area contributed by atoms with Crippen LogP contribution >= 0.6 is 0 Å². The van der Waals surface area contributed by atoms with Crippen molar-refractivity contribution in [2.24, 2.45) is 0 Å². The van der Waals surface area contributed by atoms with E-state index in [9.17, 15) is 0 Å². The predicted molar refractivity (Wildman–Crippen MR) is 74.4 cm³/mol. The molecule has 0 nitrogen and oxygen atoms in total. The van der Waals surface area contributed by atoms with Gasteiger partial charge in [0.25, 0.3) is 0 Å². The third-order valence-electron chi connectivity index (χ3n) is 2.68. The van der Waals surface area contributed by atoms with Gasteiger partial charge in [0, 0.05) is 0 Å². The maximum atomic E-state index is 4.05. The van der Waals surface area contributed by atoms with Gasteiger partial charge < -0.3 is 0 Å². The van der Waals surface area contributed by atoms with Gasteiger partial charge in [0.05, 0.1) is 0 Å². The number of hydrogen-bond acceptors (Lipinski definition) is 0. The van der Waals surface area contributed by atoms with Crippen LogP contribution in [0.25, 0.3) is 11.1 Å². The van der Waals surface area contributed by atoms with Gasteiger partial charge in [-0.1, -0.05) is 48.6 Å². The summed E-state index contributed by atoms with van der Waals surface area (Å²) in [5, 5.41) is 0. The van der Waals surface area contributed by atoms with E-state index in [1.54, 1.807) is 0 Å². The van der Waals surface area contributed by atoms with E-state index < -0.39 is 0 Å². The van der Waals surface area contributed by atoms with Gasteiger partial charge in [-0.05, 0) is 50.0 Å². The lowest BCUT2D eigenvalue weighted by atomic mass is 9.91. The summed E-state index contributed by atoms with van der Waals surface area (Å²) in [6.45, 7) is 12.4. The second-order valence-corrected chi connectivity index (χ2v) is 4.02. The fourth-order valence-corrected chi connectivity index (χ4v) is 1.91. The van der Waals surface area contributed by atoms with Crippen molar-refractivity contribution in [1.29, 1.82) is 0 Å². The van der Waals surface area contributed by atoms with Crippen LogP contribution in [-0.4, -0.2) is 0 Å². The zero-order chi connectivity index (χ0) is 12.1.